The van der Waals surface area contributed by atoms with E-state index in [4.69, 9.17) is 0 Å². The Morgan fingerprint density at radius 2 is 1.70 bits per heavy atom. The molecule has 252 valence electrons. The minimum Gasteiger partial charge on any atom is -0.363 e. The summed E-state index contributed by atoms with van der Waals surface area (Å²) in [6, 6.07) is 7.11. The van der Waals surface area contributed by atoms with Crippen LogP contribution in [0.25, 0.3) is 11.0 Å². The molecule has 47 heavy (non-hydrogen) atoms. The van der Waals surface area contributed by atoms with Crippen molar-refractivity contribution in [2.45, 2.75) is 88.6 Å². The Morgan fingerprint density at radius 1 is 1.00 bits per heavy atom. The van der Waals surface area contributed by atoms with Crippen molar-refractivity contribution in [3.63, 3.8) is 0 Å². The van der Waals surface area contributed by atoms with Crippen molar-refractivity contribution in [2.75, 3.05) is 36.5 Å². The smallest absolute Gasteiger partial charge is 0.276 e. The fourth-order valence-electron chi connectivity index (χ4n) is 7.47. The average molecular weight is 671 g/mol. The number of piperidine rings is 1. The maximum absolute atomic E-state index is 16.0. The highest BCUT2D eigenvalue weighted by Gasteiger charge is 2.42. The van der Waals surface area contributed by atoms with Crippen LogP contribution in [0.1, 0.15) is 87.4 Å². The Hall–Kier alpha value is -3.50. The molecular weight excluding hydrogens is 629 g/mol. The number of nitrogens with zero attached hydrogens (tertiary/aromatic N) is 5. The van der Waals surface area contributed by atoms with Crippen LogP contribution in [0.2, 0.25) is 0 Å². The van der Waals surface area contributed by atoms with Crippen molar-refractivity contribution in [1.29, 1.82) is 5.26 Å². The number of anilines is 1. The third-order valence-corrected chi connectivity index (χ3v) is 12.0. The zero-order valence-electron chi connectivity index (χ0n) is 26.7. The van der Waals surface area contributed by atoms with Crippen molar-refractivity contribution in [3.8, 4) is 6.07 Å². The number of hydrogen-bond acceptors (Lipinski definition) is 8. The number of rotatable bonds is 1. The minimum absolute atomic E-state index is 0.0109. The van der Waals surface area contributed by atoms with Crippen LogP contribution in [0.3, 0.4) is 0 Å². The lowest BCUT2D eigenvalue weighted by molar-refractivity contribution is -0.0401. The molecule has 0 aliphatic carbocycles. The van der Waals surface area contributed by atoms with E-state index in [0.717, 1.165) is 45.0 Å². The van der Waals surface area contributed by atoms with E-state index in [2.05, 4.69) is 26.3 Å². The Bertz CT molecular complexity index is 1840. The molecule has 13 heteroatoms. The van der Waals surface area contributed by atoms with Gasteiger partial charge >= 0.3 is 0 Å². The second-order valence-corrected chi connectivity index (χ2v) is 15.8. The molecule has 1 aromatic carbocycles. The van der Waals surface area contributed by atoms with Gasteiger partial charge in [0.1, 0.15) is 33.4 Å². The molecule has 1 atom stereocenters. The Kier molecular flexibility index (Phi) is 9.37. The highest BCUT2D eigenvalue weighted by molar-refractivity contribution is 7.91. The number of aryl methyl sites for hydroxylation is 1. The van der Waals surface area contributed by atoms with Crippen molar-refractivity contribution in [1.82, 2.24) is 19.4 Å². The van der Waals surface area contributed by atoms with E-state index in [1.807, 2.05) is 0 Å². The van der Waals surface area contributed by atoms with Gasteiger partial charge in [0.2, 0.25) is 0 Å². The van der Waals surface area contributed by atoms with Crippen LogP contribution >= 0.6 is 0 Å². The van der Waals surface area contributed by atoms with Gasteiger partial charge < -0.3 is 10.2 Å². The summed E-state index contributed by atoms with van der Waals surface area (Å²) in [5, 5.41) is 14.0. The molecule has 2 saturated heterocycles. The standard InChI is InChI=1S/C34H41F3N6O3S/c1-23-25-7-6-8-27(29(25)35)34(36,37)20-24-9-15-42(16-10-24)13-4-2-3-5-14-43-31-26(30(41-23)39-22-40-31)19-28(32(43)44)33(21-38)11-17-47(45,46)18-12-33/h6-8,19,22-24H,2-5,9-18,20H2,1H3,(H,39,40,41)/t23-/m0/s1. The van der Waals surface area contributed by atoms with Crippen LogP contribution in [0.15, 0.2) is 35.4 Å². The molecule has 0 saturated carbocycles. The second-order valence-electron chi connectivity index (χ2n) is 13.5. The summed E-state index contributed by atoms with van der Waals surface area (Å²) < 4.78 is 73.4. The SMILES string of the molecule is C[C@@H]1Nc2ncnc3c2cc(C2(C#N)CCS(=O)(=O)CC2)c(=O)n3CCCCCCN2CCC(CC2)CC(F)(F)c2cccc1c2F. The molecule has 2 fully saturated rings. The molecule has 7 rings (SSSR count). The van der Waals surface area contributed by atoms with E-state index in [1.54, 1.807) is 17.6 Å². The number of aromatic nitrogens is 3. The van der Waals surface area contributed by atoms with E-state index in [9.17, 15) is 18.5 Å². The summed E-state index contributed by atoms with van der Waals surface area (Å²) >= 11 is 0. The molecule has 4 aliphatic rings. The third kappa shape index (κ3) is 6.77. The molecule has 1 N–H and O–H groups in total. The maximum Gasteiger partial charge on any atom is 0.276 e. The van der Waals surface area contributed by atoms with Crippen LogP contribution in [0.5, 0.6) is 0 Å². The highest BCUT2D eigenvalue weighted by Crippen LogP contribution is 2.41. The summed E-state index contributed by atoms with van der Waals surface area (Å²) in [7, 11) is -3.33. The predicted octanol–water partition coefficient (Wildman–Crippen LogP) is 5.84. The van der Waals surface area contributed by atoms with Crippen LogP contribution in [-0.2, 0) is 27.7 Å². The van der Waals surface area contributed by atoms with Crippen molar-refractivity contribution >= 4 is 26.7 Å². The topological polar surface area (TPSA) is 121 Å². The number of alkyl halides is 2. The third-order valence-electron chi connectivity index (χ3n) is 10.4. The van der Waals surface area contributed by atoms with Gasteiger partial charge in [0.05, 0.1) is 40.0 Å². The molecule has 2 aromatic heterocycles. The van der Waals surface area contributed by atoms with E-state index in [0.29, 0.717) is 36.8 Å². The van der Waals surface area contributed by atoms with Crippen molar-refractivity contribution in [2.24, 2.45) is 5.92 Å². The summed E-state index contributed by atoms with van der Waals surface area (Å²) in [6.07, 6.45) is 5.57. The highest BCUT2D eigenvalue weighted by atomic mass is 32.2. The number of halogens is 3. The van der Waals surface area contributed by atoms with Gasteiger partial charge in [0, 0.05) is 24.1 Å². The van der Waals surface area contributed by atoms with Crippen molar-refractivity contribution < 1.29 is 21.6 Å². The summed E-state index contributed by atoms with van der Waals surface area (Å²) in [4.78, 5) is 25.3. The van der Waals surface area contributed by atoms with E-state index >= 15 is 13.2 Å². The van der Waals surface area contributed by atoms with Crippen LogP contribution in [0, 0.1) is 23.1 Å². The predicted molar refractivity (Wildman–Crippen MR) is 174 cm³/mol. The number of pyridine rings is 1. The normalized spacial score (nSPS) is 26.1. The Labute approximate surface area is 273 Å². The van der Waals surface area contributed by atoms with Crippen LogP contribution in [0.4, 0.5) is 19.0 Å². The van der Waals surface area contributed by atoms with E-state index < -0.39 is 50.6 Å². The first-order valence-electron chi connectivity index (χ1n) is 16.6. The molecule has 6 heterocycles. The fourth-order valence-corrected chi connectivity index (χ4v) is 8.99. The van der Waals surface area contributed by atoms with E-state index in [-0.39, 0.29) is 47.2 Å². The monoisotopic (exact) mass is 670 g/mol. The summed E-state index contributed by atoms with van der Waals surface area (Å²) in [6.45, 7) is 4.33. The molecule has 0 amide bonds. The molecule has 8 bridgehead atoms. The summed E-state index contributed by atoms with van der Waals surface area (Å²) in [5.41, 5.74) is -1.77. The first-order valence-corrected chi connectivity index (χ1v) is 18.4. The first kappa shape index (κ1) is 33.4. The maximum atomic E-state index is 16.0. The van der Waals surface area contributed by atoms with Gasteiger partial charge in [-0.2, -0.15) is 5.26 Å². The van der Waals surface area contributed by atoms with Crippen LogP contribution < -0.4 is 10.9 Å². The van der Waals surface area contributed by atoms with Gasteiger partial charge in [0.25, 0.3) is 11.5 Å². The van der Waals surface area contributed by atoms with Gasteiger partial charge in [-0.3, -0.25) is 9.36 Å². The number of nitriles is 1. The lowest BCUT2D eigenvalue weighted by Gasteiger charge is -2.34. The summed E-state index contributed by atoms with van der Waals surface area (Å²) in [5.74, 6) is -4.65. The zero-order chi connectivity index (χ0) is 33.4. The molecule has 9 nitrogen and oxygen atoms in total. The average Bonchev–Trinajstić information content (AvgIpc) is 3.04. The van der Waals surface area contributed by atoms with Gasteiger partial charge in [-0.25, -0.2) is 31.6 Å². The molecule has 0 unspecified atom stereocenters. The van der Waals surface area contributed by atoms with E-state index in [1.165, 1.54) is 18.5 Å². The Balaban J connectivity index is 1.45. The van der Waals surface area contributed by atoms with Gasteiger partial charge in [-0.15, -0.1) is 0 Å². The molecule has 4 aliphatic heterocycles. The zero-order valence-corrected chi connectivity index (χ0v) is 27.5. The lowest BCUT2D eigenvalue weighted by atomic mass is 9.77. The quantitative estimate of drug-likeness (QED) is 0.343. The lowest BCUT2D eigenvalue weighted by Crippen LogP contribution is -2.41. The second kappa shape index (κ2) is 13.2. The number of fused-ring (bicyclic) bond motifs is 9. The number of nitrogens with one attached hydrogen (secondary N) is 1. The first-order chi connectivity index (χ1) is 22.4. The van der Waals surface area contributed by atoms with Gasteiger partial charge in [0.15, 0.2) is 0 Å². The fraction of sp³-hybridized carbons (Fsp3) is 0.588. The number of sulfone groups is 1. The minimum atomic E-state index is -3.34. The Morgan fingerprint density at radius 3 is 2.40 bits per heavy atom. The molecule has 3 aromatic rings. The molecule has 0 spiro atoms. The van der Waals surface area contributed by atoms with Gasteiger partial charge in [-0.1, -0.05) is 31.0 Å². The molecular formula is C34H41F3N6O3S. The van der Waals surface area contributed by atoms with Gasteiger partial charge in [-0.05, 0) is 77.1 Å². The largest absolute Gasteiger partial charge is 0.363 e. The number of hydrogen-bond donors (Lipinski definition) is 1. The molecule has 0 radical (unpaired) electrons. The number of benzene rings is 1. The van der Waals surface area contributed by atoms with Crippen LogP contribution in [-0.4, -0.2) is 59.0 Å². The van der Waals surface area contributed by atoms with Crippen molar-refractivity contribution in [3.05, 3.63) is 63.5 Å².